The number of likely N-dealkylation sites (N-methyl/N-ethyl adjacent to an activating group) is 1. The standard InChI is InChI=1S/C24H29N3O4S/c1-25(15-18-7-9-19(32-2)10-8-18)16-23(28)26-11-13-27(14-12-26)24(29)22-17-30-20-5-3-4-6-21(20)31-22/h3-10,22H,11-17H2,1-2H3. The van der Waals surface area contributed by atoms with Gasteiger partial charge in [-0.15, -0.1) is 11.8 Å². The minimum atomic E-state index is -0.643. The predicted octanol–water partition coefficient (Wildman–Crippen LogP) is 2.35. The number of hydrogen-bond acceptors (Lipinski definition) is 6. The first kappa shape index (κ1) is 22.5. The van der Waals surface area contributed by atoms with Gasteiger partial charge in [-0.05, 0) is 43.1 Å². The second-order valence-corrected chi connectivity index (χ2v) is 8.97. The number of piperazine rings is 1. The highest BCUT2D eigenvalue weighted by Gasteiger charge is 2.33. The number of carbonyl (C=O) groups excluding carboxylic acids is 2. The molecule has 2 aromatic rings. The number of hydrogen-bond donors (Lipinski definition) is 0. The van der Waals surface area contributed by atoms with Gasteiger partial charge in [0.1, 0.15) is 6.61 Å². The van der Waals surface area contributed by atoms with Crippen molar-refractivity contribution in [2.75, 3.05) is 52.6 Å². The molecule has 2 heterocycles. The van der Waals surface area contributed by atoms with E-state index in [4.69, 9.17) is 9.47 Å². The Morgan fingerprint density at radius 1 is 1.00 bits per heavy atom. The van der Waals surface area contributed by atoms with E-state index in [0.29, 0.717) is 44.2 Å². The van der Waals surface area contributed by atoms with Crippen molar-refractivity contribution in [3.63, 3.8) is 0 Å². The molecule has 8 heteroatoms. The molecule has 0 bridgehead atoms. The average Bonchev–Trinajstić information content (AvgIpc) is 2.83. The summed E-state index contributed by atoms with van der Waals surface area (Å²) in [4.78, 5) is 32.5. The largest absolute Gasteiger partial charge is 0.485 e. The van der Waals surface area contributed by atoms with Gasteiger partial charge in [0.2, 0.25) is 12.0 Å². The van der Waals surface area contributed by atoms with Gasteiger partial charge in [-0.25, -0.2) is 0 Å². The highest BCUT2D eigenvalue weighted by Crippen LogP contribution is 2.31. The van der Waals surface area contributed by atoms with Crippen molar-refractivity contribution in [1.29, 1.82) is 0 Å². The van der Waals surface area contributed by atoms with Gasteiger partial charge in [0.25, 0.3) is 5.91 Å². The quantitative estimate of drug-likeness (QED) is 0.624. The zero-order valence-corrected chi connectivity index (χ0v) is 19.3. The Balaban J connectivity index is 1.23. The minimum Gasteiger partial charge on any atom is -0.485 e. The number of ether oxygens (including phenoxy) is 2. The third-order valence-corrected chi connectivity index (χ3v) is 6.49. The van der Waals surface area contributed by atoms with E-state index < -0.39 is 6.10 Å². The van der Waals surface area contributed by atoms with Crippen LogP contribution in [0.3, 0.4) is 0 Å². The Labute approximate surface area is 193 Å². The van der Waals surface area contributed by atoms with Crippen molar-refractivity contribution in [2.45, 2.75) is 17.5 Å². The highest BCUT2D eigenvalue weighted by molar-refractivity contribution is 7.98. The van der Waals surface area contributed by atoms with Crippen LogP contribution in [0.4, 0.5) is 0 Å². The molecule has 2 aromatic carbocycles. The number of carbonyl (C=O) groups is 2. The Hall–Kier alpha value is -2.71. The number of thioether (sulfide) groups is 1. The maximum absolute atomic E-state index is 12.9. The zero-order valence-electron chi connectivity index (χ0n) is 18.5. The highest BCUT2D eigenvalue weighted by atomic mass is 32.2. The van der Waals surface area contributed by atoms with Gasteiger partial charge in [-0.1, -0.05) is 24.3 Å². The molecule has 2 amide bonds. The molecule has 1 unspecified atom stereocenters. The van der Waals surface area contributed by atoms with Crippen LogP contribution in [-0.2, 0) is 16.1 Å². The van der Waals surface area contributed by atoms with Crippen LogP contribution >= 0.6 is 11.8 Å². The molecule has 32 heavy (non-hydrogen) atoms. The SMILES string of the molecule is CSc1ccc(CN(C)CC(=O)N2CCN(C(=O)C3COc4ccccc4O3)CC2)cc1. The number of amides is 2. The molecule has 4 rings (SSSR count). The molecule has 0 spiro atoms. The molecule has 2 aliphatic heterocycles. The van der Waals surface area contributed by atoms with Gasteiger partial charge in [-0.3, -0.25) is 14.5 Å². The smallest absolute Gasteiger partial charge is 0.267 e. The van der Waals surface area contributed by atoms with Crippen molar-refractivity contribution in [1.82, 2.24) is 14.7 Å². The van der Waals surface area contributed by atoms with Crippen LogP contribution in [0, 0.1) is 0 Å². The summed E-state index contributed by atoms with van der Waals surface area (Å²) >= 11 is 1.72. The van der Waals surface area contributed by atoms with E-state index in [0.717, 1.165) is 6.54 Å². The van der Waals surface area contributed by atoms with Crippen LogP contribution in [0.15, 0.2) is 53.4 Å². The second-order valence-electron chi connectivity index (χ2n) is 8.09. The van der Waals surface area contributed by atoms with Crippen molar-refractivity contribution in [3.8, 4) is 11.5 Å². The molecule has 2 aliphatic rings. The van der Waals surface area contributed by atoms with E-state index >= 15 is 0 Å². The Bertz CT molecular complexity index is 945. The first-order valence-electron chi connectivity index (χ1n) is 10.8. The molecule has 1 saturated heterocycles. The molecule has 0 saturated carbocycles. The fourth-order valence-electron chi connectivity index (χ4n) is 3.95. The Morgan fingerprint density at radius 2 is 1.66 bits per heavy atom. The first-order valence-corrected chi connectivity index (χ1v) is 12.0. The number of para-hydroxylation sites is 2. The van der Waals surface area contributed by atoms with Crippen LogP contribution in [0.2, 0.25) is 0 Å². The maximum atomic E-state index is 12.9. The normalized spacial score (nSPS) is 18.0. The van der Waals surface area contributed by atoms with Gasteiger partial charge in [0.05, 0.1) is 6.54 Å². The van der Waals surface area contributed by atoms with Gasteiger partial charge >= 0.3 is 0 Å². The fourth-order valence-corrected chi connectivity index (χ4v) is 4.36. The lowest BCUT2D eigenvalue weighted by Gasteiger charge is -2.37. The van der Waals surface area contributed by atoms with Gasteiger partial charge in [0, 0.05) is 37.6 Å². The van der Waals surface area contributed by atoms with Gasteiger partial charge in [-0.2, -0.15) is 0 Å². The Kier molecular flexibility index (Phi) is 7.22. The van der Waals surface area contributed by atoms with E-state index in [1.807, 2.05) is 35.0 Å². The molecule has 1 fully saturated rings. The number of benzene rings is 2. The third-order valence-electron chi connectivity index (χ3n) is 5.74. The molecular formula is C24H29N3O4S. The molecule has 0 aromatic heterocycles. The molecule has 0 radical (unpaired) electrons. The van der Waals surface area contributed by atoms with Gasteiger partial charge in [0.15, 0.2) is 11.5 Å². The van der Waals surface area contributed by atoms with Crippen LogP contribution in [0.1, 0.15) is 5.56 Å². The monoisotopic (exact) mass is 455 g/mol. The lowest BCUT2D eigenvalue weighted by atomic mass is 10.2. The van der Waals surface area contributed by atoms with E-state index in [1.165, 1.54) is 10.5 Å². The summed E-state index contributed by atoms with van der Waals surface area (Å²) in [6.07, 6.45) is 1.41. The molecule has 0 N–H and O–H groups in total. The molecule has 1 atom stereocenters. The molecule has 7 nitrogen and oxygen atoms in total. The second kappa shape index (κ2) is 10.3. The third kappa shape index (κ3) is 5.37. The summed E-state index contributed by atoms with van der Waals surface area (Å²) in [5.41, 5.74) is 1.18. The van der Waals surface area contributed by atoms with E-state index in [9.17, 15) is 9.59 Å². The summed E-state index contributed by atoms with van der Waals surface area (Å²) in [5.74, 6) is 1.26. The summed E-state index contributed by atoms with van der Waals surface area (Å²) in [5, 5.41) is 0. The molecule has 0 aliphatic carbocycles. The predicted molar refractivity (Wildman–Crippen MR) is 124 cm³/mol. The van der Waals surface area contributed by atoms with Crippen molar-refractivity contribution < 1.29 is 19.1 Å². The summed E-state index contributed by atoms with van der Waals surface area (Å²) in [6.45, 7) is 3.36. The number of nitrogens with zero attached hydrogens (tertiary/aromatic N) is 3. The van der Waals surface area contributed by atoms with Crippen LogP contribution < -0.4 is 9.47 Å². The minimum absolute atomic E-state index is 0.0857. The summed E-state index contributed by atoms with van der Waals surface area (Å²) < 4.78 is 11.5. The zero-order chi connectivity index (χ0) is 22.5. The maximum Gasteiger partial charge on any atom is 0.267 e. The van der Waals surface area contributed by atoms with Gasteiger partial charge < -0.3 is 19.3 Å². The lowest BCUT2D eigenvalue weighted by Crippen LogP contribution is -2.56. The van der Waals surface area contributed by atoms with Crippen LogP contribution in [0.5, 0.6) is 11.5 Å². The average molecular weight is 456 g/mol. The number of fused-ring (bicyclic) bond motifs is 1. The van der Waals surface area contributed by atoms with Crippen LogP contribution in [-0.4, -0.2) is 85.3 Å². The topological polar surface area (TPSA) is 62.3 Å². The van der Waals surface area contributed by atoms with Crippen molar-refractivity contribution in [3.05, 3.63) is 54.1 Å². The van der Waals surface area contributed by atoms with E-state index in [1.54, 1.807) is 22.7 Å². The number of rotatable bonds is 6. The summed E-state index contributed by atoms with van der Waals surface area (Å²) in [6, 6.07) is 15.8. The summed E-state index contributed by atoms with van der Waals surface area (Å²) in [7, 11) is 1.96. The fraction of sp³-hybridized carbons (Fsp3) is 0.417. The Morgan fingerprint density at radius 3 is 2.34 bits per heavy atom. The lowest BCUT2D eigenvalue weighted by molar-refractivity contribution is -0.146. The van der Waals surface area contributed by atoms with Crippen molar-refractivity contribution >= 4 is 23.6 Å². The van der Waals surface area contributed by atoms with E-state index in [2.05, 4.69) is 30.5 Å². The van der Waals surface area contributed by atoms with Crippen molar-refractivity contribution in [2.24, 2.45) is 0 Å². The van der Waals surface area contributed by atoms with E-state index in [-0.39, 0.29) is 18.4 Å². The molecular weight excluding hydrogens is 426 g/mol. The van der Waals surface area contributed by atoms with Crippen LogP contribution in [0.25, 0.3) is 0 Å². The molecule has 170 valence electrons. The first-order chi connectivity index (χ1) is 15.5.